The maximum Gasteiger partial charge on any atom is 0.393 e. The Kier molecular flexibility index (Phi) is 8.66. The van der Waals surface area contributed by atoms with Crippen molar-refractivity contribution >= 4 is 27.4 Å². The van der Waals surface area contributed by atoms with Gasteiger partial charge in [-0.3, -0.25) is 0 Å². The number of ether oxygens (including phenoxy) is 3. The molecule has 3 atom stereocenters. The van der Waals surface area contributed by atoms with Gasteiger partial charge in [0.05, 0.1) is 51.0 Å². The van der Waals surface area contributed by atoms with E-state index in [2.05, 4.69) is 25.5 Å². The van der Waals surface area contributed by atoms with Gasteiger partial charge in [-0.15, -0.1) is 21.5 Å². The van der Waals surface area contributed by atoms with Crippen molar-refractivity contribution in [3.8, 4) is 28.9 Å². The summed E-state index contributed by atoms with van der Waals surface area (Å²) in [6.45, 7) is 0.586. The van der Waals surface area contributed by atoms with E-state index in [1.165, 1.54) is 20.3 Å². The number of aliphatic hydroxyl groups excluding tert-OH is 1. The van der Waals surface area contributed by atoms with Crippen molar-refractivity contribution < 1.29 is 32.5 Å². The van der Waals surface area contributed by atoms with E-state index in [4.69, 9.17) is 14.2 Å². The fourth-order valence-electron chi connectivity index (χ4n) is 5.16. The van der Waals surface area contributed by atoms with Crippen molar-refractivity contribution in [3.05, 3.63) is 46.8 Å². The minimum Gasteiger partial charge on any atom is -0.491 e. The average Bonchev–Trinajstić information content (AvgIpc) is 3.55. The first-order chi connectivity index (χ1) is 20.1. The number of methoxy groups -OCH3 is 3. The minimum atomic E-state index is -4.33. The predicted molar refractivity (Wildman–Crippen MR) is 152 cm³/mol. The molecule has 0 aliphatic heterocycles. The Morgan fingerprint density at radius 1 is 1.02 bits per heavy atom. The summed E-state index contributed by atoms with van der Waals surface area (Å²) in [6, 6.07) is 10.9. The van der Waals surface area contributed by atoms with Crippen LogP contribution < -0.4 is 24.4 Å². The number of nitrogens with zero attached hydrogens (tertiary/aromatic N) is 5. The number of halogens is 3. The smallest absolute Gasteiger partial charge is 0.393 e. The molecule has 5 rings (SSSR count). The first-order valence-corrected chi connectivity index (χ1v) is 14.0. The largest absolute Gasteiger partial charge is 0.491 e. The van der Waals surface area contributed by atoms with E-state index < -0.39 is 18.7 Å². The zero-order valence-electron chi connectivity index (χ0n) is 23.5. The Morgan fingerprint density at radius 2 is 1.79 bits per heavy atom. The second-order valence-corrected chi connectivity index (χ2v) is 11.2. The van der Waals surface area contributed by atoms with Gasteiger partial charge < -0.3 is 29.5 Å². The van der Waals surface area contributed by atoms with Crippen LogP contribution in [0.2, 0.25) is 0 Å². The maximum absolute atomic E-state index is 13.0. The van der Waals surface area contributed by atoms with Crippen molar-refractivity contribution in [1.82, 2.24) is 25.5 Å². The summed E-state index contributed by atoms with van der Waals surface area (Å²) in [5, 5.41) is 23.2. The first-order valence-electron chi connectivity index (χ1n) is 13.2. The third-order valence-electron chi connectivity index (χ3n) is 7.27. The van der Waals surface area contributed by atoms with Crippen LogP contribution >= 0.6 is 11.3 Å². The summed E-state index contributed by atoms with van der Waals surface area (Å²) in [5.41, 5.74) is 2.59. The summed E-state index contributed by atoms with van der Waals surface area (Å²) in [4.78, 5) is 11.1. The summed E-state index contributed by atoms with van der Waals surface area (Å²) < 4.78 is 54.8. The number of likely N-dealkylation sites (N-methyl/N-ethyl adjacent to an activating group) is 1. The van der Waals surface area contributed by atoms with Crippen LogP contribution in [0.4, 0.5) is 19.0 Å². The molecule has 0 unspecified atom stereocenters. The lowest BCUT2D eigenvalue weighted by Gasteiger charge is -2.28. The number of aromatic nitrogens is 4. The monoisotopic (exact) mass is 604 g/mol. The normalized spacial score (nSPS) is 18.8. The Hall–Kier alpha value is -3.75. The molecule has 4 aromatic rings. The molecule has 1 fully saturated rings. The van der Waals surface area contributed by atoms with Crippen LogP contribution in [0.1, 0.15) is 23.3 Å². The highest BCUT2D eigenvalue weighted by Crippen LogP contribution is 2.37. The lowest BCUT2D eigenvalue weighted by molar-refractivity contribution is -0.126. The molecule has 0 amide bonds. The molecule has 0 spiro atoms. The number of fused-ring (bicyclic) bond motifs is 1. The third-order valence-corrected chi connectivity index (χ3v) is 8.30. The van der Waals surface area contributed by atoms with E-state index in [0.717, 1.165) is 22.5 Å². The molecule has 10 nitrogen and oxygen atoms in total. The van der Waals surface area contributed by atoms with Crippen molar-refractivity contribution in [2.24, 2.45) is 0 Å². The number of hydrogen-bond acceptors (Lipinski definition) is 11. The number of alkyl halides is 3. The molecule has 14 heteroatoms. The van der Waals surface area contributed by atoms with Crippen molar-refractivity contribution in [2.75, 3.05) is 33.3 Å². The van der Waals surface area contributed by atoms with Crippen LogP contribution in [0.3, 0.4) is 0 Å². The summed E-state index contributed by atoms with van der Waals surface area (Å²) in [5.74, 6) is 1.24. The Labute approximate surface area is 244 Å². The lowest BCUT2D eigenvalue weighted by Crippen LogP contribution is -2.38. The molecule has 3 aromatic heterocycles. The molecular formula is C28H31F3N6O4S. The van der Waals surface area contributed by atoms with Gasteiger partial charge >= 0.3 is 12.2 Å². The standard InChI is InChI=1S/C28H31F3N6O4S/c1-37(24-19-11-18(13-28(29,30)31)42-26(19)34-27(33-24)41-4)21-9-17(10-22(21)38)32-14-15-5-7-16(8-6-15)20-12-23(39-2)25(40-3)36-35-20/h5-8,11-12,17,21-22,32,38H,9-10,13-14H2,1-4H3/t17-,21+,22-/m1/s1. The number of hydrogen-bond donors (Lipinski definition) is 2. The van der Waals surface area contributed by atoms with Crippen molar-refractivity contribution in [3.63, 3.8) is 0 Å². The van der Waals surface area contributed by atoms with Crippen LogP contribution in [-0.2, 0) is 13.0 Å². The second kappa shape index (κ2) is 12.2. The zero-order chi connectivity index (χ0) is 30.0. The average molecular weight is 605 g/mol. The highest BCUT2D eigenvalue weighted by Gasteiger charge is 2.37. The van der Waals surface area contributed by atoms with E-state index in [0.29, 0.717) is 52.7 Å². The molecule has 1 aromatic carbocycles. The summed E-state index contributed by atoms with van der Waals surface area (Å²) in [6.07, 6.45) is -4.90. The van der Waals surface area contributed by atoms with E-state index >= 15 is 0 Å². The second-order valence-electron chi connectivity index (χ2n) is 10.1. The molecule has 0 saturated heterocycles. The molecular weight excluding hydrogens is 573 g/mol. The number of thiophene rings is 1. The van der Waals surface area contributed by atoms with Gasteiger partial charge in [0.15, 0.2) is 5.75 Å². The van der Waals surface area contributed by atoms with Crippen molar-refractivity contribution in [1.29, 1.82) is 0 Å². The summed E-state index contributed by atoms with van der Waals surface area (Å²) in [7, 11) is 6.24. The lowest BCUT2D eigenvalue weighted by atomic mass is 10.1. The van der Waals surface area contributed by atoms with E-state index in [1.54, 1.807) is 20.2 Å². The minimum absolute atomic E-state index is 0.0198. The zero-order valence-corrected chi connectivity index (χ0v) is 24.3. The number of aliphatic hydroxyl groups is 1. The summed E-state index contributed by atoms with van der Waals surface area (Å²) >= 11 is 0.966. The van der Waals surface area contributed by atoms with E-state index in [9.17, 15) is 18.3 Å². The fourth-order valence-corrected chi connectivity index (χ4v) is 6.21. The van der Waals surface area contributed by atoms with Crippen molar-refractivity contribution in [2.45, 2.75) is 50.2 Å². The van der Waals surface area contributed by atoms with Gasteiger partial charge in [-0.2, -0.15) is 23.1 Å². The molecule has 0 radical (unpaired) electrons. The van der Waals surface area contributed by atoms with Crippen LogP contribution in [0, 0.1) is 0 Å². The van der Waals surface area contributed by atoms with E-state index in [1.807, 2.05) is 29.2 Å². The third kappa shape index (κ3) is 6.50. The predicted octanol–water partition coefficient (Wildman–Crippen LogP) is 4.40. The number of anilines is 1. The Balaban J connectivity index is 1.25. The van der Waals surface area contributed by atoms with Gasteiger partial charge in [0.25, 0.3) is 5.88 Å². The molecule has 42 heavy (non-hydrogen) atoms. The van der Waals surface area contributed by atoms with Crippen LogP contribution in [0.25, 0.3) is 21.5 Å². The van der Waals surface area contributed by atoms with Crippen LogP contribution in [-0.4, -0.2) is 78.0 Å². The SMILES string of the molecule is COc1nc(N(C)[C@H]2C[C@@H](NCc3ccc(-c4cc(OC)c(OC)nn4)cc3)C[C@H]2O)c2cc(CC(F)(F)F)sc2n1. The van der Waals surface area contributed by atoms with Gasteiger partial charge in [0, 0.05) is 36.1 Å². The first kappa shape index (κ1) is 29.7. The van der Waals surface area contributed by atoms with Gasteiger partial charge in [0.1, 0.15) is 10.6 Å². The number of nitrogens with one attached hydrogen (secondary N) is 1. The molecule has 2 N–H and O–H groups in total. The molecule has 3 heterocycles. The van der Waals surface area contributed by atoms with Crippen LogP contribution in [0.5, 0.6) is 17.6 Å². The molecule has 224 valence electrons. The van der Waals surface area contributed by atoms with Gasteiger partial charge in [-0.05, 0) is 24.5 Å². The van der Waals surface area contributed by atoms with Gasteiger partial charge in [0.2, 0.25) is 0 Å². The van der Waals surface area contributed by atoms with E-state index in [-0.39, 0.29) is 23.0 Å². The Bertz CT molecular complexity index is 1530. The highest BCUT2D eigenvalue weighted by molar-refractivity contribution is 7.18. The topological polar surface area (TPSA) is 115 Å². The van der Waals surface area contributed by atoms with Crippen LogP contribution in [0.15, 0.2) is 36.4 Å². The van der Waals surface area contributed by atoms with Gasteiger partial charge in [-0.1, -0.05) is 24.3 Å². The highest BCUT2D eigenvalue weighted by atomic mass is 32.1. The number of rotatable bonds is 10. The Morgan fingerprint density at radius 3 is 2.45 bits per heavy atom. The quantitative estimate of drug-likeness (QED) is 0.270. The molecule has 0 bridgehead atoms. The maximum atomic E-state index is 13.0. The fraction of sp³-hybridized carbons (Fsp3) is 0.429. The molecule has 1 aliphatic rings. The molecule has 1 saturated carbocycles. The number of benzene rings is 1. The van der Waals surface area contributed by atoms with Gasteiger partial charge in [-0.25, -0.2) is 0 Å². The molecule has 1 aliphatic carbocycles.